The predicted octanol–water partition coefficient (Wildman–Crippen LogP) is 1.01. The van der Waals surface area contributed by atoms with Gasteiger partial charge in [-0.1, -0.05) is 18.3 Å². The molecule has 0 radical (unpaired) electrons. The molecule has 1 unspecified atom stereocenters. The summed E-state index contributed by atoms with van der Waals surface area (Å²) in [7, 11) is 0. The molecule has 0 aliphatic heterocycles. The van der Waals surface area contributed by atoms with Crippen LogP contribution in [-0.2, 0) is 4.79 Å². The van der Waals surface area contributed by atoms with Crippen molar-refractivity contribution in [3.05, 3.63) is 11.1 Å². The maximum absolute atomic E-state index is 11.5. The average Bonchev–Trinajstić information content (AvgIpc) is 2.76. The molecule has 1 aromatic heterocycles. The van der Waals surface area contributed by atoms with E-state index in [1.54, 1.807) is 0 Å². The number of nitrogens with one attached hydrogen (secondary N) is 1. The van der Waals surface area contributed by atoms with E-state index in [1.807, 2.05) is 13.8 Å². The molecule has 0 aliphatic carbocycles. The molecule has 0 spiro atoms. The Morgan fingerprint density at radius 3 is 2.71 bits per heavy atom. The fourth-order valence-electron chi connectivity index (χ4n) is 1.41. The van der Waals surface area contributed by atoms with Crippen LogP contribution in [-0.4, -0.2) is 33.1 Å². The first-order valence-corrected chi connectivity index (χ1v) is 6.06. The van der Waals surface area contributed by atoms with Gasteiger partial charge in [0.1, 0.15) is 4.88 Å². The number of carboxylic acid groups (broad SMARTS) is 1. The zero-order chi connectivity index (χ0) is 12.8. The highest BCUT2D eigenvalue weighted by Gasteiger charge is 2.20. The lowest BCUT2D eigenvalue weighted by Gasteiger charge is -2.14. The second-order valence-electron chi connectivity index (χ2n) is 4.16. The summed E-state index contributed by atoms with van der Waals surface area (Å²) in [6.07, 6.45) is 1.90. The molecule has 0 aromatic carbocycles. The van der Waals surface area contributed by atoms with Crippen molar-refractivity contribution in [1.82, 2.24) is 14.9 Å². The smallest absolute Gasteiger partial charge is 0.308 e. The number of amides is 1. The summed E-state index contributed by atoms with van der Waals surface area (Å²) in [6.45, 7) is 4.03. The molecule has 17 heavy (non-hydrogen) atoms. The molecule has 0 bridgehead atoms. The van der Waals surface area contributed by atoms with Crippen LogP contribution in [0.3, 0.4) is 0 Å². The zero-order valence-corrected chi connectivity index (χ0v) is 10.5. The summed E-state index contributed by atoms with van der Waals surface area (Å²) in [6, 6.07) is 0. The Morgan fingerprint density at radius 2 is 2.24 bits per heavy atom. The Bertz CT molecular complexity index is 378. The van der Waals surface area contributed by atoms with Crippen LogP contribution in [0.5, 0.6) is 0 Å². The number of carbonyl (C=O) groups excluding carboxylic acids is 1. The number of hydrogen-bond acceptors (Lipinski definition) is 5. The van der Waals surface area contributed by atoms with E-state index in [9.17, 15) is 9.59 Å². The average molecular weight is 257 g/mol. The van der Waals surface area contributed by atoms with Gasteiger partial charge in [0.25, 0.3) is 5.91 Å². The van der Waals surface area contributed by atoms with E-state index in [-0.39, 0.29) is 18.4 Å². The normalized spacial score (nSPS) is 12.4. The molecule has 1 atom stereocenters. The van der Waals surface area contributed by atoms with Gasteiger partial charge in [-0.25, -0.2) is 0 Å². The van der Waals surface area contributed by atoms with Gasteiger partial charge < -0.3 is 10.4 Å². The summed E-state index contributed by atoms with van der Waals surface area (Å²) >= 11 is 0.984. The van der Waals surface area contributed by atoms with Gasteiger partial charge in [0, 0.05) is 6.54 Å². The number of carbonyl (C=O) groups is 2. The van der Waals surface area contributed by atoms with E-state index in [2.05, 4.69) is 14.9 Å². The number of aliphatic carboxylic acids is 1. The fourth-order valence-corrected chi connectivity index (χ4v) is 1.84. The molecule has 0 aliphatic rings. The van der Waals surface area contributed by atoms with E-state index in [0.29, 0.717) is 11.3 Å². The molecule has 1 heterocycles. The number of rotatable bonds is 6. The van der Waals surface area contributed by atoms with Gasteiger partial charge in [0.15, 0.2) is 0 Å². The molecule has 0 saturated heterocycles. The van der Waals surface area contributed by atoms with Gasteiger partial charge in [0.05, 0.1) is 12.1 Å². The van der Waals surface area contributed by atoms with Gasteiger partial charge in [-0.2, -0.15) is 0 Å². The van der Waals surface area contributed by atoms with Gasteiger partial charge >= 0.3 is 5.97 Å². The maximum Gasteiger partial charge on any atom is 0.308 e. The van der Waals surface area contributed by atoms with Gasteiger partial charge in [-0.15, -0.1) is 5.10 Å². The highest BCUT2D eigenvalue weighted by atomic mass is 32.1. The standard InChI is InChI=1S/C10H15N3O3S/c1-6(2)3-7(10(15)16)4-11-9(14)8-5-12-13-17-8/h5-7H,3-4H2,1-2H3,(H,11,14)(H,15,16). The molecular formula is C10H15N3O3S. The Kier molecular flexibility index (Phi) is 5.02. The van der Waals surface area contributed by atoms with Crippen LogP contribution in [0, 0.1) is 11.8 Å². The largest absolute Gasteiger partial charge is 0.481 e. The van der Waals surface area contributed by atoms with E-state index < -0.39 is 11.9 Å². The third-order valence-corrected chi connectivity index (χ3v) is 2.86. The summed E-state index contributed by atoms with van der Waals surface area (Å²) < 4.78 is 3.57. The van der Waals surface area contributed by atoms with Crippen molar-refractivity contribution in [2.24, 2.45) is 11.8 Å². The molecule has 0 fully saturated rings. The Morgan fingerprint density at radius 1 is 1.53 bits per heavy atom. The quantitative estimate of drug-likeness (QED) is 0.793. The SMILES string of the molecule is CC(C)CC(CNC(=O)c1cnns1)C(=O)O. The molecule has 0 saturated carbocycles. The van der Waals surface area contributed by atoms with E-state index >= 15 is 0 Å². The lowest BCUT2D eigenvalue weighted by Crippen LogP contribution is -2.33. The highest BCUT2D eigenvalue weighted by Crippen LogP contribution is 2.11. The van der Waals surface area contributed by atoms with Crippen LogP contribution in [0.4, 0.5) is 0 Å². The first-order chi connectivity index (χ1) is 8.00. The van der Waals surface area contributed by atoms with Crippen LogP contribution in [0.25, 0.3) is 0 Å². The zero-order valence-electron chi connectivity index (χ0n) is 9.71. The first kappa shape index (κ1) is 13.6. The maximum atomic E-state index is 11.5. The first-order valence-electron chi connectivity index (χ1n) is 5.29. The minimum absolute atomic E-state index is 0.129. The monoisotopic (exact) mass is 257 g/mol. The van der Waals surface area contributed by atoms with Crippen LogP contribution >= 0.6 is 11.5 Å². The van der Waals surface area contributed by atoms with Gasteiger partial charge in [0.2, 0.25) is 0 Å². The molecular weight excluding hydrogens is 242 g/mol. The van der Waals surface area contributed by atoms with E-state index in [4.69, 9.17) is 5.11 Å². The summed E-state index contributed by atoms with van der Waals surface area (Å²) in [4.78, 5) is 22.9. The molecule has 1 rings (SSSR count). The Hall–Kier alpha value is -1.50. The molecule has 1 aromatic rings. The molecule has 94 valence electrons. The van der Waals surface area contributed by atoms with Crippen molar-refractivity contribution < 1.29 is 14.7 Å². The lowest BCUT2D eigenvalue weighted by atomic mass is 9.97. The fraction of sp³-hybridized carbons (Fsp3) is 0.600. The van der Waals surface area contributed by atoms with E-state index in [0.717, 1.165) is 11.5 Å². The predicted molar refractivity (Wildman–Crippen MR) is 62.8 cm³/mol. The summed E-state index contributed by atoms with van der Waals surface area (Å²) in [5.74, 6) is -1.49. The Balaban J connectivity index is 2.47. The van der Waals surface area contributed by atoms with Crippen molar-refractivity contribution in [1.29, 1.82) is 0 Å². The van der Waals surface area contributed by atoms with Crippen LogP contribution in [0.1, 0.15) is 29.9 Å². The number of carboxylic acids is 1. The third-order valence-electron chi connectivity index (χ3n) is 2.20. The van der Waals surface area contributed by atoms with Crippen LogP contribution in [0.15, 0.2) is 6.20 Å². The van der Waals surface area contributed by atoms with Gasteiger partial charge in [-0.05, 0) is 23.9 Å². The molecule has 6 nitrogen and oxygen atoms in total. The van der Waals surface area contributed by atoms with E-state index in [1.165, 1.54) is 6.20 Å². The Labute approximate surface area is 103 Å². The second kappa shape index (κ2) is 6.29. The minimum Gasteiger partial charge on any atom is -0.481 e. The summed E-state index contributed by atoms with van der Waals surface area (Å²) in [5, 5.41) is 15.1. The molecule has 1 amide bonds. The lowest BCUT2D eigenvalue weighted by molar-refractivity contribution is -0.142. The molecule has 2 N–H and O–H groups in total. The topological polar surface area (TPSA) is 92.2 Å². The van der Waals surface area contributed by atoms with Crippen molar-refractivity contribution in [2.75, 3.05) is 6.54 Å². The van der Waals surface area contributed by atoms with Crippen molar-refractivity contribution in [3.63, 3.8) is 0 Å². The second-order valence-corrected chi connectivity index (χ2v) is 4.94. The van der Waals surface area contributed by atoms with Crippen LogP contribution in [0.2, 0.25) is 0 Å². The van der Waals surface area contributed by atoms with Crippen molar-refractivity contribution >= 4 is 23.4 Å². The molecule has 7 heteroatoms. The third kappa shape index (κ3) is 4.48. The van der Waals surface area contributed by atoms with Gasteiger partial charge in [-0.3, -0.25) is 9.59 Å². The van der Waals surface area contributed by atoms with Crippen molar-refractivity contribution in [3.8, 4) is 0 Å². The minimum atomic E-state index is -0.888. The van der Waals surface area contributed by atoms with Crippen molar-refractivity contribution in [2.45, 2.75) is 20.3 Å². The number of nitrogens with zero attached hydrogens (tertiary/aromatic N) is 2. The number of hydrogen-bond donors (Lipinski definition) is 2. The summed E-state index contributed by atoms with van der Waals surface area (Å²) in [5.41, 5.74) is 0. The highest BCUT2D eigenvalue weighted by molar-refractivity contribution is 7.07. The van der Waals surface area contributed by atoms with Crippen LogP contribution < -0.4 is 5.32 Å². The number of aromatic nitrogens is 2.